The molecule has 1 N–H and O–H groups in total. The monoisotopic (exact) mass is 462 g/mol. The predicted octanol–water partition coefficient (Wildman–Crippen LogP) is 3.52. The van der Waals surface area contributed by atoms with Crippen LogP contribution in [0.5, 0.6) is 0 Å². The molecule has 0 bridgehead atoms. The van der Waals surface area contributed by atoms with E-state index < -0.39 is 10.8 Å². The van der Waals surface area contributed by atoms with Crippen molar-refractivity contribution >= 4 is 33.3 Å². The van der Waals surface area contributed by atoms with Crippen molar-refractivity contribution in [3.8, 4) is 33.8 Å². The van der Waals surface area contributed by atoms with E-state index in [1.54, 1.807) is 29.2 Å². The van der Waals surface area contributed by atoms with Crippen LogP contribution in [-0.4, -0.2) is 49.7 Å². The van der Waals surface area contributed by atoms with E-state index in [0.717, 1.165) is 16.0 Å². The van der Waals surface area contributed by atoms with Crippen molar-refractivity contribution in [2.75, 3.05) is 29.9 Å². The number of benzene rings is 1. The maximum atomic E-state index is 12.7. The third-order valence-electron chi connectivity index (χ3n) is 4.90. The Balaban J connectivity index is 1.74. The lowest BCUT2D eigenvalue weighted by Gasteiger charge is -2.25. The summed E-state index contributed by atoms with van der Waals surface area (Å²) in [6.45, 7) is 2.68. The minimum absolute atomic E-state index is 0.289. The van der Waals surface area contributed by atoms with Crippen LogP contribution in [0, 0.1) is 29.6 Å². The van der Waals surface area contributed by atoms with Crippen LogP contribution >= 0.6 is 11.3 Å². The van der Waals surface area contributed by atoms with E-state index in [2.05, 4.69) is 27.4 Å². The van der Waals surface area contributed by atoms with Crippen LogP contribution < -0.4 is 5.32 Å². The number of nitriles is 2. The van der Waals surface area contributed by atoms with Crippen LogP contribution in [0.3, 0.4) is 0 Å². The molecule has 2 aromatic heterocycles. The largest absolute Gasteiger partial charge is 0.323 e. The molecule has 8 nitrogen and oxygen atoms in total. The highest BCUT2D eigenvalue weighted by atomic mass is 32.2. The molecule has 0 aliphatic carbocycles. The number of thiazole rings is 1. The van der Waals surface area contributed by atoms with E-state index in [1.165, 1.54) is 11.3 Å². The highest BCUT2D eigenvalue weighted by Crippen LogP contribution is 2.39. The van der Waals surface area contributed by atoms with Gasteiger partial charge in [0.2, 0.25) is 0 Å². The predicted molar refractivity (Wildman–Crippen MR) is 123 cm³/mol. The second kappa shape index (κ2) is 9.27. The van der Waals surface area contributed by atoms with Gasteiger partial charge in [-0.1, -0.05) is 23.5 Å². The van der Waals surface area contributed by atoms with Crippen LogP contribution in [0.15, 0.2) is 36.4 Å². The summed E-state index contributed by atoms with van der Waals surface area (Å²) in [5, 5.41) is 21.9. The molecular weight excluding hydrogens is 444 g/mol. The Morgan fingerprint density at radius 1 is 1.12 bits per heavy atom. The molecule has 1 aromatic carbocycles. The fourth-order valence-electron chi connectivity index (χ4n) is 3.37. The van der Waals surface area contributed by atoms with Crippen LogP contribution in [-0.2, 0) is 10.8 Å². The first-order valence-electron chi connectivity index (χ1n) is 9.78. The van der Waals surface area contributed by atoms with E-state index in [-0.39, 0.29) is 11.7 Å². The Morgan fingerprint density at radius 3 is 2.62 bits per heavy atom. The number of carbonyl (C=O) groups is 1. The number of hydrogen-bond donors (Lipinski definition) is 1. The van der Waals surface area contributed by atoms with Gasteiger partial charge in [-0.3, -0.25) is 9.53 Å². The van der Waals surface area contributed by atoms with Gasteiger partial charge in [0.15, 0.2) is 5.13 Å². The van der Waals surface area contributed by atoms with Crippen LogP contribution in [0.1, 0.15) is 17.0 Å². The number of carbonyl (C=O) groups excluding carboxylic acids is 1. The summed E-state index contributed by atoms with van der Waals surface area (Å²) in [6.07, 6.45) is 0. The van der Waals surface area contributed by atoms with Crippen LogP contribution in [0.2, 0.25) is 0 Å². The van der Waals surface area contributed by atoms with Gasteiger partial charge >= 0.3 is 6.03 Å². The SMILES string of the molecule is Cc1cc(-c2sc(NC(=O)N3CCS(=O)CC3)nc2-c2cccc(C#N)c2)cc(C#N)n1. The first-order chi connectivity index (χ1) is 15.5. The number of aryl methyl sites for hydroxylation is 1. The molecule has 10 heteroatoms. The van der Waals surface area contributed by atoms with Crippen molar-refractivity contribution in [3.63, 3.8) is 0 Å². The van der Waals surface area contributed by atoms with E-state index in [9.17, 15) is 19.5 Å². The molecule has 3 heterocycles. The number of nitrogens with one attached hydrogen (secondary N) is 1. The Bertz CT molecular complexity index is 1290. The normalized spacial score (nSPS) is 13.9. The molecule has 0 spiro atoms. The zero-order valence-electron chi connectivity index (χ0n) is 17.2. The number of nitrogens with zero attached hydrogens (tertiary/aromatic N) is 5. The number of pyridine rings is 1. The summed E-state index contributed by atoms with van der Waals surface area (Å²) in [5.74, 6) is 0.936. The number of rotatable bonds is 3. The van der Waals surface area contributed by atoms with Gasteiger partial charge in [-0.25, -0.2) is 14.8 Å². The van der Waals surface area contributed by atoms with E-state index in [0.29, 0.717) is 46.7 Å². The Kier molecular flexibility index (Phi) is 6.26. The topological polar surface area (TPSA) is 123 Å². The molecule has 0 unspecified atom stereocenters. The van der Waals surface area contributed by atoms with Gasteiger partial charge in [0.25, 0.3) is 0 Å². The summed E-state index contributed by atoms with van der Waals surface area (Å²) in [5.41, 5.74) is 3.58. The maximum Gasteiger partial charge on any atom is 0.323 e. The van der Waals surface area contributed by atoms with Crippen molar-refractivity contribution in [1.29, 1.82) is 10.5 Å². The van der Waals surface area contributed by atoms with Gasteiger partial charge in [0.1, 0.15) is 11.8 Å². The van der Waals surface area contributed by atoms with Crippen LogP contribution in [0.25, 0.3) is 21.7 Å². The summed E-state index contributed by atoms with van der Waals surface area (Å²) in [7, 11) is -0.875. The van der Waals surface area contributed by atoms with E-state index in [1.807, 2.05) is 19.1 Å². The number of urea groups is 1. The summed E-state index contributed by atoms with van der Waals surface area (Å²) < 4.78 is 11.6. The molecular formula is C22H18N6O2S2. The fourth-order valence-corrected chi connectivity index (χ4v) is 5.39. The number of anilines is 1. The Hall–Kier alpha value is -3.60. The van der Waals surface area contributed by atoms with Gasteiger partial charge in [-0.15, -0.1) is 0 Å². The van der Waals surface area contributed by atoms with E-state index in [4.69, 9.17) is 0 Å². The molecule has 1 aliphatic rings. The molecule has 1 fully saturated rings. The molecule has 0 radical (unpaired) electrons. The first-order valence-corrected chi connectivity index (χ1v) is 12.1. The lowest BCUT2D eigenvalue weighted by atomic mass is 10.0. The summed E-state index contributed by atoms with van der Waals surface area (Å²) >= 11 is 1.29. The van der Waals surface area contributed by atoms with E-state index >= 15 is 0 Å². The second-order valence-corrected chi connectivity index (χ2v) is 9.84. The lowest BCUT2D eigenvalue weighted by molar-refractivity contribution is 0.216. The highest BCUT2D eigenvalue weighted by molar-refractivity contribution is 7.85. The molecule has 1 aliphatic heterocycles. The van der Waals surface area contributed by atoms with Crippen molar-refractivity contribution in [3.05, 3.63) is 53.3 Å². The van der Waals surface area contributed by atoms with Crippen molar-refractivity contribution in [2.45, 2.75) is 6.92 Å². The lowest BCUT2D eigenvalue weighted by Crippen LogP contribution is -2.43. The number of aromatic nitrogens is 2. The number of amides is 2. The minimum Gasteiger partial charge on any atom is -0.323 e. The molecule has 0 saturated carbocycles. The third-order valence-corrected chi connectivity index (χ3v) is 7.20. The average molecular weight is 463 g/mol. The van der Waals surface area contributed by atoms with Crippen molar-refractivity contribution in [1.82, 2.24) is 14.9 Å². The molecule has 1 saturated heterocycles. The molecule has 3 aromatic rings. The summed E-state index contributed by atoms with van der Waals surface area (Å²) in [4.78, 5) is 24.0. The zero-order chi connectivity index (χ0) is 22.7. The first kappa shape index (κ1) is 21.6. The molecule has 160 valence electrons. The van der Waals surface area contributed by atoms with Gasteiger partial charge < -0.3 is 4.90 Å². The molecule has 2 amide bonds. The Morgan fingerprint density at radius 2 is 1.91 bits per heavy atom. The van der Waals surface area contributed by atoms with Crippen LogP contribution in [0.4, 0.5) is 9.93 Å². The standard InChI is InChI=1S/C22H18N6O2S2/c1-14-9-17(11-18(13-24)25-14)20-19(16-4-2-3-15(10-16)12-23)26-21(31-20)27-22(29)28-5-7-32(30)8-6-28/h2-4,9-11H,5-8H2,1H3,(H,26,27,29). The van der Waals surface area contributed by atoms with Crippen molar-refractivity contribution < 1.29 is 9.00 Å². The zero-order valence-corrected chi connectivity index (χ0v) is 18.8. The van der Waals surface area contributed by atoms with Gasteiger partial charge in [-0.2, -0.15) is 10.5 Å². The third kappa shape index (κ3) is 4.67. The molecule has 32 heavy (non-hydrogen) atoms. The smallest absolute Gasteiger partial charge is 0.323 e. The maximum absolute atomic E-state index is 12.7. The summed E-state index contributed by atoms with van der Waals surface area (Å²) in [6, 6.07) is 14.5. The second-order valence-electron chi connectivity index (χ2n) is 7.15. The van der Waals surface area contributed by atoms with Gasteiger partial charge in [0.05, 0.1) is 22.2 Å². The van der Waals surface area contributed by atoms with Gasteiger partial charge in [-0.05, 0) is 36.8 Å². The molecule has 0 atom stereocenters. The average Bonchev–Trinajstić information content (AvgIpc) is 3.23. The van der Waals surface area contributed by atoms with Crippen molar-refractivity contribution in [2.24, 2.45) is 0 Å². The van der Waals surface area contributed by atoms with Gasteiger partial charge in [0, 0.05) is 46.7 Å². The highest BCUT2D eigenvalue weighted by Gasteiger charge is 2.23. The Labute approximate surface area is 191 Å². The molecule has 4 rings (SSSR count). The minimum atomic E-state index is -0.875. The quantitative estimate of drug-likeness (QED) is 0.635. The fraction of sp³-hybridized carbons (Fsp3) is 0.227. The number of hydrogen-bond acceptors (Lipinski definition) is 7.